The van der Waals surface area contributed by atoms with Crippen molar-refractivity contribution in [3.8, 4) is 22.9 Å². The number of phenolic OH excluding ortho intramolecular Hbond substituents is 1. The number of benzene rings is 2. The first-order valence-corrected chi connectivity index (χ1v) is 11.1. The molecule has 32 heavy (non-hydrogen) atoms. The minimum atomic E-state index is -0.708. The standard InChI is InChI=1S/C25H26N4O3/c1-29-21-10-14(2-4-16(21)12-23(29)31)15-3-5-17(22(30)11-15)8-20(13-26)28-25(32)24-18-6-7-19(9-18)27-24/h2-5,10-11,18-20,24,27,30H,6-9,12H2,1H3,(H,28,32). The van der Waals surface area contributed by atoms with Crippen LogP contribution in [0.25, 0.3) is 11.1 Å². The number of carbonyl (C=O) groups is 2. The number of nitrogens with one attached hydrogen (secondary N) is 2. The van der Waals surface area contributed by atoms with E-state index in [2.05, 4.69) is 16.7 Å². The maximum Gasteiger partial charge on any atom is 0.238 e. The van der Waals surface area contributed by atoms with Crippen LogP contribution in [0.3, 0.4) is 0 Å². The number of piperidine rings is 1. The predicted molar refractivity (Wildman–Crippen MR) is 120 cm³/mol. The summed E-state index contributed by atoms with van der Waals surface area (Å²) in [4.78, 5) is 26.2. The highest BCUT2D eigenvalue weighted by molar-refractivity contribution is 6.01. The summed E-state index contributed by atoms with van der Waals surface area (Å²) in [5, 5.41) is 26.4. The van der Waals surface area contributed by atoms with Crippen LogP contribution in [-0.4, -0.2) is 42.1 Å². The highest BCUT2D eigenvalue weighted by atomic mass is 16.3. The molecule has 4 atom stereocenters. The molecule has 2 aliphatic heterocycles. The third-order valence-corrected chi connectivity index (χ3v) is 7.12. The molecular formula is C25H26N4O3. The van der Waals surface area contributed by atoms with Gasteiger partial charge in [0.25, 0.3) is 0 Å². The molecule has 5 rings (SSSR count). The fourth-order valence-electron chi connectivity index (χ4n) is 5.30. The molecule has 1 aliphatic carbocycles. The second-order valence-corrected chi connectivity index (χ2v) is 9.13. The number of aromatic hydroxyl groups is 1. The van der Waals surface area contributed by atoms with Gasteiger partial charge in [-0.05, 0) is 59.6 Å². The Morgan fingerprint density at radius 1 is 1.28 bits per heavy atom. The number of carbonyl (C=O) groups excluding carboxylic acids is 2. The number of anilines is 1. The molecule has 1 saturated heterocycles. The zero-order chi connectivity index (χ0) is 22.4. The van der Waals surface area contributed by atoms with Crippen LogP contribution in [0.1, 0.15) is 30.4 Å². The van der Waals surface area contributed by atoms with Gasteiger partial charge in [0.1, 0.15) is 11.8 Å². The van der Waals surface area contributed by atoms with E-state index in [0.29, 0.717) is 23.9 Å². The van der Waals surface area contributed by atoms with Crippen LogP contribution in [-0.2, 0) is 22.4 Å². The number of nitriles is 1. The average Bonchev–Trinajstić information content (AvgIpc) is 3.50. The van der Waals surface area contributed by atoms with Gasteiger partial charge >= 0.3 is 0 Å². The molecule has 2 heterocycles. The Morgan fingerprint density at radius 2 is 2.06 bits per heavy atom. The van der Waals surface area contributed by atoms with E-state index in [0.717, 1.165) is 41.6 Å². The maximum absolute atomic E-state index is 12.6. The Labute approximate surface area is 187 Å². The van der Waals surface area contributed by atoms with Gasteiger partial charge in [0.15, 0.2) is 0 Å². The van der Waals surface area contributed by atoms with Crippen molar-refractivity contribution in [2.24, 2.45) is 5.92 Å². The predicted octanol–water partition coefficient (Wildman–Crippen LogP) is 2.27. The molecule has 164 valence electrons. The Kier molecular flexibility index (Phi) is 5.10. The van der Waals surface area contributed by atoms with Crippen molar-refractivity contribution in [1.82, 2.24) is 10.6 Å². The van der Waals surface area contributed by atoms with E-state index in [1.165, 1.54) is 0 Å². The number of phenols is 1. The van der Waals surface area contributed by atoms with Gasteiger partial charge in [-0.25, -0.2) is 0 Å². The first kappa shape index (κ1) is 20.5. The molecule has 0 aromatic heterocycles. The lowest BCUT2D eigenvalue weighted by atomic mass is 9.97. The summed E-state index contributed by atoms with van der Waals surface area (Å²) >= 11 is 0. The summed E-state index contributed by atoms with van der Waals surface area (Å²) in [6.45, 7) is 0. The molecule has 3 N–H and O–H groups in total. The first-order chi connectivity index (χ1) is 15.4. The quantitative estimate of drug-likeness (QED) is 0.675. The zero-order valence-corrected chi connectivity index (χ0v) is 18.0. The van der Waals surface area contributed by atoms with Crippen molar-refractivity contribution in [3.05, 3.63) is 47.5 Å². The molecule has 1 saturated carbocycles. The van der Waals surface area contributed by atoms with E-state index in [4.69, 9.17) is 0 Å². The fourth-order valence-corrected chi connectivity index (χ4v) is 5.30. The maximum atomic E-state index is 12.6. The van der Waals surface area contributed by atoms with Crippen LogP contribution < -0.4 is 15.5 Å². The summed E-state index contributed by atoms with van der Waals surface area (Å²) in [5.74, 6) is 0.380. The van der Waals surface area contributed by atoms with Gasteiger partial charge in [0.05, 0.1) is 18.5 Å². The van der Waals surface area contributed by atoms with E-state index in [-0.39, 0.29) is 30.0 Å². The number of nitrogens with zero attached hydrogens (tertiary/aromatic N) is 2. The molecule has 0 radical (unpaired) electrons. The molecule has 2 amide bonds. The lowest BCUT2D eigenvalue weighted by molar-refractivity contribution is -0.124. The number of fused-ring (bicyclic) bond motifs is 3. The first-order valence-electron chi connectivity index (χ1n) is 11.1. The van der Waals surface area contributed by atoms with Gasteiger partial charge in [-0.15, -0.1) is 0 Å². The van der Waals surface area contributed by atoms with Crippen molar-refractivity contribution in [1.29, 1.82) is 5.26 Å². The summed E-state index contributed by atoms with van der Waals surface area (Å²) < 4.78 is 0. The lowest BCUT2D eigenvalue weighted by Crippen LogP contribution is -2.50. The third kappa shape index (κ3) is 3.61. The van der Waals surface area contributed by atoms with E-state index < -0.39 is 6.04 Å². The van der Waals surface area contributed by atoms with E-state index >= 15 is 0 Å². The number of hydrogen-bond donors (Lipinski definition) is 3. The van der Waals surface area contributed by atoms with Crippen molar-refractivity contribution < 1.29 is 14.7 Å². The minimum absolute atomic E-state index is 0.0700. The van der Waals surface area contributed by atoms with E-state index in [1.54, 1.807) is 24.1 Å². The van der Waals surface area contributed by atoms with Crippen LogP contribution in [0.2, 0.25) is 0 Å². The molecule has 2 fully saturated rings. The Balaban J connectivity index is 1.29. The highest BCUT2D eigenvalue weighted by Gasteiger charge is 2.43. The second-order valence-electron chi connectivity index (χ2n) is 9.13. The topological polar surface area (TPSA) is 105 Å². The molecule has 7 nitrogen and oxygen atoms in total. The normalized spacial score (nSPS) is 24.3. The fraction of sp³-hybridized carbons (Fsp3) is 0.400. The third-order valence-electron chi connectivity index (χ3n) is 7.12. The molecule has 2 aromatic rings. The summed E-state index contributed by atoms with van der Waals surface area (Å²) in [7, 11) is 1.76. The van der Waals surface area contributed by atoms with Crippen LogP contribution in [0.4, 0.5) is 5.69 Å². The average molecular weight is 431 g/mol. The SMILES string of the molecule is CN1C(=O)Cc2ccc(-c3ccc(CC(C#N)NC(=O)C4NC5CCC4C5)c(O)c3)cc21. The van der Waals surface area contributed by atoms with Crippen molar-refractivity contribution in [2.75, 3.05) is 11.9 Å². The number of likely N-dealkylation sites (N-methyl/N-ethyl adjacent to an activating group) is 1. The van der Waals surface area contributed by atoms with Crippen LogP contribution in [0.5, 0.6) is 5.75 Å². The van der Waals surface area contributed by atoms with Crippen LogP contribution in [0, 0.1) is 17.2 Å². The largest absolute Gasteiger partial charge is 0.508 e. The number of rotatable bonds is 5. The molecule has 2 aromatic carbocycles. The molecule has 0 spiro atoms. The highest BCUT2D eigenvalue weighted by Crippen LogP contribution is 2.36. The zero-order valence-electron chi connectivity index (χ0n) is 18.0. The van der Waals surface area contributed by atoms with Gasteiger partial charge in [-0.2, -0.15) is 5.26 Å². The Hall–Kier alpha value is -3.37. The summed E-state index contributed by atoms with van der Waals surface area (Å²) in [6.07, 6.45) is 3.85. The molecule has 4 unspecified atom stereocenters. The lowest BCUT2D eigenvalue weighted by Gasteiger charge is -2.23. The molecule has 3 aliphatic rings. The van der Waals surface area contributed by atoms with E-state index in [1.807, 2.05) is 24.3 Å². The van der Waals surface area contributed by atoms with Crippen molar-refractivity contribution >= 4 is 17.5 Å². The Bertz CT molecular complexity index is 1140. The van der Waals surface area contributed by atoms with Gasteiger partial charge in [0, 0.05) is 25.2 Å². The second kappa shape index (κ2) is 7.95. The van der Waals surface area contributed by atoms with Gasteiger partial charge in [-0.3, -0.25) is 9.59 Å². The molecule has 7 heteroatoms. The van der Waals surface area contributed by atoms with Crippen molar-refractivity contribution in [2.45, 2.75) is 50.2 Å². The van der Waals surface area contributed by atoms with Gasteiger partial charge in [-0.1, -0.05) is 24.3 Å². The van der Waals surface area contributed by atoms with Crippen molar-refractivity contribution in [3.63, 3.8) is 0 Å². The van der Waals surface area contributed by atoms with Crippen LogP contribution >= 0.6 is 0 Å². The monoisotopic (exact) mass is 430 g/mol. The molecular weight excluding hydrogens is 404 g/mol. The minimum Gasteiger partial charge on any atom is -0.508 e. The van der Waals surface area contributed by atoms with E-state index in [9.17, 15) is 20.0 Å². The number of amides is 2. The summed E-state index contributed by atoms with van der Waals surface area (Å²) in [5.41, 5.74) is 4.22. The van der Waals surface area contributed by atoms with Gasteiger partial charge < -0.3 is 20.6 Å². The van der Waals surface area contributed by atoms with Gasteiger partial charge in [0.2, 0.25) is 11.8 Å². The summed E-state index contributed by atoms with van der Waals surface area (Å²) in [6, 6.07) is 12.8. The Morgan fingerprint density at radius 3 is 2.75 bits per heavy atom. The van der Waals surface area contributed by atoms with Crippen LogP contribution in [0.15, 0.2) is 36.4 Å². The molecule has 2 bridgehead atoms. The number of hydrogen-bond acceptors (Lipinski definition) is 5. The smallest absolute Gasteiger partial charge is 0.238 e.